The normalized spacial score (nSPS) is 22.2. The Morgan fingerprint density at radius 3 is 2.71 bits per heavy atom. The molecule has 0 aliphatic carbocycles. The van der Waals surface area contributed by atoms with Crippen molar-refractivity contribution in [2.45, 2.75) is 31.7 Å². The number of hydrogen-bond acceptors (Lipinski definition) is 3. The molecule has 0 bridgehead atoms. The summed E-state index contributed by atoms with van der Waals surface area (Å²) >= 11 is 0. The fraction of sp³-hybridized carbons (Fsp3) is 0.600. The van der Waals surface area contributed by atoms with Crippen molar-refractivity contribution in [2.24, 2.45) is 5.73 Å². The molecule has 21 heavy (non-hydrogen) atoms. The minimum absolute atomic E-state index is 0.0610. The highest BCUT2D eigenvalue weighted by atomic mass is 19.4. The second kappa shape index (κ2) is 6.77. The summed E-state index contributed by atoms with van der Waals surface area (Å²) in [6, 6.07) is 5.26. The summed E-state index contributed by atoms with van der Waals surface area (Å²) in [7, 11) is 0. The van der Waals surface area contributed by atoms with Gasteiger partial charge in [-0.25, -0.2) is 0 Å². The minimum Gasteiger partial charge on any atom is -0.376 e. The molecule has 1 aliphatic rings. The maximum atomic E-state index is 13.2. The molecule has 0 amide bonds. The Labute approximate surface area is 122 Å². The zero-order valence-electron chi connectivity index (χ0n) is 12.1. The number of nitrogens with zero attached hydrogens (tertiary/aromatic N) is 1. The van der Waals surface area contributed by atoms with Gasteiger partial charge in [-0.3, -0.25) is 4.90 Å². The van der Waals surface area contributed by atoms with Gasteiger partial charge in [0, 0.05) is 25.7 Å². The predicted molar refractivity (Wildman–Crippen MR) is 74.8 cm³/mol. The molecule has 2 rings (SSSR count). The summed E-state index contributed by atoms with van der Waals surface area (Å²) in [5.41, 5.74) is 5.44. The Morgan fingerprint density at radius 2 is 2.10 bits per heavy atom. The van der Waals surface area contributed by atoms with E-state index in [1.807, 2.05) is 11.8 Å². The van der Waals surface area contributed by atoms with Crippen molar-refractivity contribution in [1.82, 2.24) is 4.90 Å². The van der Waals surface area contributed by atoms with E-state index in [1.165, 1.54) is 12.1 Å². The molecule has 2 atom stereocenters. The van der Waals surface area contributed by atoms with Gasteiger partial charge in [0.2, 0.25) is 0 Å². The molecule has 0 aromatic heterocycles. The molecule has 2 unspecified atom stereocenters. The molecule has 1 aromatic rings. The average Bonchev–Trinajstić information content (AvgIpc) is 2.48. The molecule has 0 radical (unpaired) electrons. The molecule has 1 aliphatic heterocycles. The maximum Gasteiger partial charge on any atom is 0.416 e. The molecule has 1 aromatic carbocycles. The van der Waals surface area contributed by atoms with Crippen molar-refractivity contribution < 1.29 is 17.9 Å². The first-order valence-corrected chi connectivity index (χ1v) is 7.19. The van der Waals surface area contributed by atoms with Crippen LogP contribution in [0.4, 0.5) is 13.2 Å². The second-order valence-corrected chi connectivity index (χ2v) is 5.23. The van der Waals surface area contributed by atoms with Crippen molar-refractivity contribution >= 4 is 0 Å². The summed E-state index contributed by atoms with van der Waals surface area (Å²) < 4.78 is 45.1. The molecular weight excluding hydrogens is 281 g/mol. The molecule has 1 fully saturated rings. The highest BCUT2D eigenvalue weighted by molar-refractivity contribution is 5.32. The first-order valence-electron chi connectivity index (χ1n) is 7.19. The van der Waals surface area contributed by atoms with Gasteiger partial charge in [0.05, 0.1) is 18.3 Å². The van der Waals surface area contributed by atoms with E-state index in [0.29, 0.717) is 19.7 Å². The van der Waals surface area contributed by atoms with Crippen molar-refractivity contribution in [3.63, 3.8) is 0 Å². The Hall–Kier alpha value is -1.11. The molecule has 0 spiro atoms. The lowest BCUT2D eigenvalue weighted by atomic mass is 9.97. The van der Waals surface area contributed by atoms with Crippen LogP contribution in [0.2, 0.25) is 0 Å². The smallest absolute Gasteiger partial charge is 0.376 e. The van der Waals surface area contributed by atoms with Crippen LogP contribution in [-0.4, -0.2) is 37.2 Å². The number of morpholine rings is 1. The molecule has 118 valence electrons. The number of rotatable bonds is 4. The summed E-state index contributed by atoms with van der Waals surface area (Å²) in [4.78, 5) is 2.00. The summed E-state index contributed by atoms with van der Waals surface area (Å²) in [6.45, 7) is 3.91. The number of ether oxygens (including phenoxy) is 1. The summed E-state index contributed by atoms with van der Waals surface area (Å²) in [6.07, 6.45) is -3.46. The van der Waals surface area contributed by atoms with Crippen LogP contribution in [0.3, 0.4) is 0 Å². The summed E-state index contributed by atoms with van der Waals surface area (Å²) in [5, 5.41) is 0. The van der Waals surface area contributed by atoms with Crippen LogP contribution < -0.4 is 5.73 Å². The predicted octanol–water partition coefficient (Wildman–Crippen LogP) is 2.82. The molecule has 1 saturated heterocycles. The number of hydrogen-bond donors (Lipinski definition) is 1. The fourth-order valence-corrected chi connectivity index (χ4v) is 2.79. The Bertz CT molecular complexity index is 464. The Morgan fingerprint density at radius 1 is 1.38 bits per heavy atom. The van der Waals surface area contributed by atoms with Crippen molar-refractivity contribution in [3.05, 3.63) is 35.4 Å². The molecular formula is C15H21F3N2O. The lowest BCUT2D eigenvalue weighted by Gasteiger charge is -2.38. The van der Waals surface area contributed by atoms with Crippen molar-refractivity contribution in [1.29, 1.82) is 0 Å². The topological polar surface area (TPSA) is 38.5 Å². The number of benzene rings is 1. The highest BCUT2D eigenvalue weighted by Crippen LogP contribution is 2.36. The Kier molecular flexibility index (Phi) is 5.24. The largest absolute Gasteiger partial charge is 0.416 e. The van der Waals surface area contributed by atoms with Crippen LogP contribution in [0, 0.1) is 0 Å². The van der Waals surface area contributed by atoms with E-state index in [9.17, 15) is 13.2 Å². The van der Waals surface area contributed by atoms with Gasteiger partial charge in [-0.05, 0) is 18.1 Å². The lowest BCUT2D eigenvalue weighted by molar-refractivity contribution is -0.139. The monoisotopic (exact) mass is 302 g/mol. The van der Waals surface area contributed by atoms with Crippen LogP contribution in [0.25, 0.3) is 0 Å². The van der Waals surface area contributed by atoms with Crippen LogP contribution in [-0.2, 0) is 10.9 Å². The van der Waals surface area contributed by atoms with Gasteiger partial charge in [0.1, 0.15) is 0 Å². The highest BCUT2D eigenvalue weighted by Gasteiger charge is 2.36. The van der Waals surface area contributed by atoms with E-state index >= 15 is 0 Å². The van der Waals surface area contributed by atoms with Crippen LogP contribution in [0.5, 0.6) is 0 Å². The molecule has 0 saturated carbocycles. The number of halogens is 3. The van der Waals surface area contributed by atoms with E-state index in [4.69, 9.17) is 10.5 Å². The standard InChI is InChI=1S/C15H21F3N2O/c1-2-11-10-20(7-8-21-11)14(9-19)12-5-3-4-6-13(12)15(16,17)18/h3-6,11,14H,2,7-10,19H2,1H3. The first kappa shape index (κ1) is 16.3. The number of nitrogens with two attached hydrogens (primary N) is 1. The second-order valence-electron chi connectivity index (χ2n) is 5.23. The van der Waals surface area contributed by atoms with Gasteiger partial charge in [-0.15, -0.1) is 0 Å². The van der Waals surface area contributed by atoms with Crippen molar-refractivity contribution in [2.75, 3.05) is 26.2 Å². The first-order chi connectivity index (χ1) is 9.97. The van der Waals surface area contributed by atoms with E-state index < -0.39 is 17.8 Å². The SMILES string of the molecule is CCC1CN(C(CN)c2ccccc2C(F)(F)F)CCO1. The molecule has 6 heteroatoms. The van der Waals surface area contributed by atoms with Crippen molar-refractivity contribution in [3.8, 4) is 0 Å². The van der Waals surface area contributed by atoms with E-state index in [-0.39, 0.29) is 18.2 Å². The van der Waals surface area contributed by atoms with E-state index in [0.717, 1.165) is 12.5 Å². The minimum atomic E-state index is -4.36. The van der Waals surface area contributed by atoms with Crippen LogP contribution >= 0.6 is 0 Å². The van der Waals surface area contributed by atoms with Gasteiger partial charge in [0.25, 0.3) is 0 Å². The van der Waals surface area contributed by atoms with Gasteiger partial charge < -0.3 is 10.5 Å². The maximum absolute atomic E-state index is 13.2. The third-order valence-corrected chi connectivity index (χ3v) is 3.91. The number of alkyl halides is 3. The van der Waals surface area contributed by atoms with Gasteiger partial charge in [-0.2, -0.15) is 13.2 Å². The van der Waals surface area contributed by atoms with Gasteiger partial charge >= 0.3 is 6.18 Å². The average molecular weight is 302 g/mol. The van der Waals surface area contributed by atoms with E-state index in [2.05, 4.69) is 0 Å². The third kappa shape index (κ3) is 3.75. The summed E-state index contributed by atoms with van der Waals surface area (Å²) in [5.74, 6) is 0. The molecule has 3 nitrogen and oxygen atoms in total. The van der Waals surface area contributed by atoms with Crippen LogP contribution in [0.15, 0.2) is 24.3 Å². The van der Waals surface area contributed by atoms with Gasteiger partial charge in [0.15, 0.2) is 0 Å². The van der Waals surface area contributed by atoms with E-state index in [1.54, 1.807) is 6.07 Å². The van der Waals surface area contributed by atoms with Gasteiger partial charge in [-0.1, -0.05) is 25.1 Å². The lowest BCUT2D eigenvalue weighted by Crippen LogP contribution is -2.46. The van der Waals surface area contributed by atoms with Crippen LogP contribution in [0.1, 0.15) is 30.5 Å². The quantitative estimate of drug-likeness (QED) is 0.929. The zero-order chi connectivity index (χ0) is 15.5. The fourth-order valence-electron chi connectivity index (χ4n) is 2.79. The Balaban J connectivity index is 2.29. The molecule has 2 N–H and O–H groups in total. The zero-order valence-corrected chi connectivity index (χ0v) is 12.1. The third-order valence-electron chi connectivity index (χ3n) is 3.91. The molecule has 1 heterocycles.